The summed E-state index contributed by atoms with van der Waals surface area (Å²) in [6.07, 6.45) is 1.12. The molecule has 2 atom stereocenters. The first kappa shape index (κ1) is 28.3. The van der Waals surface area contributed by atoms with Crippen molar-refractivity contribution < 1.29 is 19.1 Å². The predicted octanol–water partition coefficient (Wildman–Crippen LogP) is 5.99. The number of rotatable bonds is 11. The summed E-state index contributed by atoms with van der Waals surface area (Å²) >= 11 is 12.1. The Morgan fingerprint density at radius 3 is 2.35 bits per heavy atom. The molecule has 2 amide bonds. The van der Waals surface area contributed by atoms with Crippen molar-refractivity contribution in [2.75, 3.05) is 6.61 Å². The van der Waals surface area contributed by atoms with Gasteiger partial charge in [0.15, 0.2) is 6.10 Å². The molecule has 0 radical (unpaired) electrons. The Morgan fingerprint density at radius 2 is 1.68 bits per heavy atom. The van der Waals surface area contributed by atoms with E-state index in [0.29, 0.717) is 28.8 Å². The van der Waals surface area contributed by atoms with E-state index in [0.717, 1.165) is 22.1 Å². The normalized spacial score (nSPS) is 12.9. The highest BCUT2D eigenvalue weighted by atomic mass is 35.5. The van der Waals surface area contributed by atoms with Gasteiger partial charge < -0.3 is 14.8 Å². The highest BCUT2D eigenvalue weighted by molar-refractivity contribution is 6.35. The van der Waals surface area contributed by atoms with E-state index < -0.39 is 24.0 Å². The standard InChI is InChI=1S/C28H31Cl2N3O4/c1-5-36-25-12-10-19(21-8-6-7-9-22(21)25)16-31-33-28(35)24(14-17(2)3)32-27(34)18(4)37-26-13-11-20(29)15-23(26)30/h6-13,15-18,24H,5,14H2,1-4H3,(H,32,34)(H,33,35)/b31-16-/t18-,24-/m0/s1. The smallest absolute Gasteiger partial charge is 0.262 e. The first-order valence-electron chi connectivity index (χ1n) is 12.1. The van der Waals surface area contributed by atoms with Crippen molar-refractivity contribution in [3.8, 4) is 11.5 Å². The van der Waals surface area contributed by atoms with E-state index in [1.54, 1.807) is 25.3 Å². The van der Waals surface area contributed by atoms with Crippen LogP contribution in [0.2, 0.25) is 10.0 Å². The van der Waals surface area contributed by atoms with Crippen LogP contribution >= 0.6 is 23.2 Å². The van der Waals surface area contributed by atoms with Crippen molar-refractivity contribution in [2.45, 2.75) is 46.3 Å². The Labute approximate surface area is 227 Å². The molecular formula is C28H31Cl2N3O4. The SMILES string of the molecule is CCOc1ccc(/C=N\NC(=O)[C@H](CC(C)C)NC(=O)[C@H](C)Oc2ccc(Cl)cc2Cl)c2ccccc12. The number of ether oxygens (including phenoxy) is 2. The van der Waals surface area contributed by atoms with Gasteiger partial charge in [-0.15, -0.1) is 0 Å². The fourth-order valence-corrected chi connectivity index (χ4v) is 4.19. The molecule has 9 heteroatoms. The number of halogens is 2. The molecule has 0 fully saturated rings. The summed E-state index contributed by atoms with van der Waals surface area (Å²) in [5.74, 6) is 0.386. The number of hydrogen-bond acceptors (Lipinski definition) is 5. The van der Waals surface area contributed by atoms with Crippen molar-refractivity contribution in [1.29, 1.82) is 0 Å². The average Bonchev–Trinajstić information content (AvgIpc) is 2.86. The lowest BCUT2D eigenvalue weighted by atomic mass is 10.0. The second-order valence-corrected chi connectivity index (χ2v) is 9.73. The molecule has 0 aliphatic rings. The molecule has 3 rings (SSSR count). The lowest BCUT2D eigenvalue weighted by Crippen LogP contribution is -2.49. The minimum absolute atomic E-state index is 0.150. The molecule has 3 aromatic rings. The topological polar surface area (TPSA) is 89.0 Å². The number of hydrazone groups is 1. The van der Waals surface area contributed by atoms with Crippen LogP contribution in [-0.2, 0) is 9.59 Å². The summed E-state index contributed by atoms with van der Waals surface area (Å²) in [5.41, 5.74) is 3.38. The summed E-state index contributed by atoms with van der Waals surface area (Å²) in [4.78, 5) is 25.8. The number of amides is 2. The third-order valence-corrected chi connectivity index (χ3v) is 6.03. The molecule has 0 aliphatic carbocycles. The van der Waals surface area contributed by atoms with E-state index in [-0.39, 0.29) is 5.92 Å². The van der Waals surface area contributed by atoms with E-state index in [1.165, 1.54) is 6.07 Å². The molecule has 0 bridgehead atoms. The second-order valence-electron chi connectivity index (χ2n) is 8.89. The van der Waals surface area contributed by atoms with E-state index in [4.69, 9.17) is 32.7 Å². The number of carbonyl (C=O) groups is 2. The molecule has 0 spiro atoms. The van der Waals surface area contributed by atoms with Gasteiger partial charge in [-0.25, -0.2) is 5.43 Å². The maximum absolute atomic E-state index is 12.9. The van der Waals surface area contributed by atoms with Crippen LogP contribution in [0.15, 0.2) is 59.7 Å². The number of nitrogens with one attached hydrogen (secondary N) is 2. The van der Waals surface area contributed by atoms with E-state index >= 15 is 0 Å². The number of carbonyl (C=O) groups excluding carboxylic acids is 2. The summed E-state index contributed by atoms with van der Waals surface area (Å²) in [7, 11) is 0. The zero-order valence-corrected chi connectivity index (χ0v) is 22.8. The van der Waals surface area contributed by atoms with Gasteiger partial charge in [-0.3, -0.25) is 9.59 Å². The minimum Gasteiger partial charge on any atom is -0.493 e. The zero-order chi connectivity index (χ0) is 26.9. The minimum atomic E-state index is -0.889. The first-order chi connectivity index (χ1) is 17.7. The maximum Gasteiger partial charge on any atom is 0.262 e. The van der Waals surface area contributed by atoms with Crippen LogP contribution < -0.4 is 20.2 Å². The lowest BCUT2D eigenvalue weighted by molar-refractivity contribution is -0.132. The number of benzene rings is 3. The van der Waals surface area contributed by atoms with Crippen molar-refractivity contribution in [1.82, 2.24) is 10.7 Å². The molecule has 0 aromatic heterocycles. The van der Waals surface area contributed by atoms with Gasteiger partial charge in [0, 0.05) is 16.0 Å². The average molecular weight is 544 g/mol. The molecule has 7 nitrogen and oxygen atoms in total. The van der Waals surface area contributed by atoms with E-state index in [1.807, 2.05) is 57.2 Å². The largest absolute Gasteiger partial charge is 0.493 e. The van der Waals surface area contributed by atoms with Crippen LogP contribution in [0.4, 0.5) is 0 Å². The van der Waals surface area contributed by atoms with Gasteiger partial charge in [0.25, 0.3) is 11.8 Å². The second kappa shape index (κ2) is 13.3. The number of fused-ring (bicyclic) bond motifs is 1. The molecule has 0 saturated carbocycles. The molecule has 196 valence electrons. The van der Waals surface area contributed by atoms with Gasteiger partial charge in [-0.2, -0.15) is 5.10 Å². The predicted molar refractivity (Wildman–Crippen MR) is 149 cm³/mol. The van der Waals surface area contributed by atoms with Gasteiger partial charge in [0.1, 0.15) is 17.5 Å². The first-order valence-corrected chi connectivity index (χ1v) is 12.8. The molecule has 3 aromatic carbocycles. The van der Waals surface area contributed by atoms with E-state index in [9.17, 15) is 9.59 Å². The van der Waals surface area contributed by atoms with Crippen molar-refractivity contribution in [2.24, 2.45) is 11.0 Å². The van der Waals surface area contributed by atoms with Crippen molar-refractivity contribution in [3.63, 3.8) is 0 Å². The fourth-order valence-electron chi connectivity index (χ4n) is 3.74. The Balaban J connectivity index is 1.68. The molecule has 37 heavy (non-hydrogen) atoms. The molecule has 0 unspecified atom stereocenters. The molecular weight excluding hydrogens is 513 g/mol. The Kier molecular flexibility index (Phi) is 10.2. The van der Waals surface area contributed by atoms with Gasteiger partial charge in [-0.05, 0) is 61.9 Å². The maximum atomic E-state index is 12.9. The summed E-state index contributed by atoms with van der Waals surface area (Å²) in [6, 6.07) is 15.5. The van der Waals surface area contributed by atoms with Crippen LogP contribution in [0.3, 0.4) is 0 Å². The number of hydrogen-bond donors (Lipinski definition) is 2. The van der Waals surface area contributed by atoms with Gasteiger partial charge >= 0.3 is 0 Å². The highest BCUT2D eigenvalue weighted by Gasteiger charge is 2.25. The summed E-state index contributed by atoms with van der Waals surface area (Å²) < 4.78 is 11.4. The molecule has 0 heterocycles. The third kappa shape index (κ3) is 7.84. The lowest BCUT2D eigenvalue weighted by Gasteiger charge is -2.22. The van der Waals surface area contributed by atoms with Crippen molar-refractivity contribution >= 4 is 52.0 Å². The van der Waals surface area contributed by atoms with Crippen molar-refractivity contribution in [3.05, 3.63) is 70.2 Å². The van der Waals surface area contributed by atoms with Crippen LogP contribution in [0.1, 0.15) is 39.7 Å². The monoisotopic (exact) mass is 543 g/mol. The fraction of sp³-hybridized carbons (Fsp3) is 0.321. The Morgan fingerprint density at radius 1 is 0.973 bits per heavy atom. The summed E-state index contributed by atoms with van der Waals surface area (Å²) in [6.45, 7) is 8.02. The van der Waals surface area contributed by atoms with Gasteiger partial charge in [-0.1, -0.05) is 61.3 Å². The highest BCUT2D eigenvalue weighted by Crippen LogP contribution is 2.29. The van der Waals surface area contributed by atoms with Crippen LogP contribution in [0, 0.1) is 5.92 Å². The molecule has 0 aliphatic heterocycles. The van der Waals surface area contributed by atoms with E-state index in [2.05, 4.69) is 15.8 Å². The van der Waals surface area contributed by atoms with Crippen LogP contribution in [-0.4, -0.2) is 36.8 Å². The number of nitrogens with zero attached hydrogens (tertiary/aromatic N) is 1. The molecule has 2 N–H and O–H groups in total. The molecule has 0 saturated heterocycles. The van der Waals surface area contributed by atoms with Gasteiger partial charge in [0.2, 0.25) is 0 Å². The zero-order valence-electron chi connectivity index (χ0n) is 21.3. The van der Waals surface area contributed by atoms with Crippen LogP contribution in [0.5, 0.6) is 11.5 Å². The van der Waals surface area contributed by atoms with Crippen LogP contribution in [0.25, 0.3) is 10.8 Å². The Hall–Kier alpha value is -3.29. The summed E-state index contributed by atoms with van der Waals surface area (Å²) in [5, 5.41) is 9.58. The van der Waals surface area contributed by atoms with Gasteiger partial charge in [0.05, 0.1) is 17.8 Å². The quantitative estimate of drug-likeness (QED) is 0.229. The Bertz CT molecular complexity index is 1280. The third-order valence-electron chi connectivity index (χ3n) is 5.50.